The number of furan rings is 1. The maximum Gasteiger partial charge on any atom is 0.337 e. The molecule has 3 aromatic carbocycles. The number of thioether (sulfide) groups is 1. The Kier molecular flexibility index (Phi) is 6.27. The summed E-state index contributed by atoms with van der Waals surface area (Å²) in [5.74, 6) is -0.417. The van der Waals surface area contributed by atoms with Gasteiger partial charge in [0.25, 0.3) is 5.91 Å². The third-order valence-corrected chi connectivity index (χ3v) is 6.48. The molecule has 1 aliphatic heterocycles. The highest BCUT2D eigenvalue weighted by Crippen LogP contribution is 2.38. The van der Waals surface area contributed by atoms with Crippen molar-refractivity contribution >= 4 is 57.9 Å². The Balaban J connectivity index is 1.49. The van der Waals surface area contributed by atoms with Gasteiger partial charge in [-0.25, -0.2) is 9.79 Å². The lowest BCUT2D eigenvalue weighted by Gasteiger charge is -2.15. The Morgan fingerprint density at radius 1 is 0.971 bits per heavy atom. The summed E-state index contributed by atoms with van der Waals surface area (Å²) in [7, 11) is 0. The molecule has 2 heterocycles. The summed E-state index contributed by atoms with van der Waals surface area (Å²) >= 11 is 7.23. The first-order chi connectivity index (χ1) is 17.0. The van der Waals surface area contributed by atoms with E-state index in [1.54, 1.807) is 29.2 Å². The molecule has 1 saturated heterocycles. The molecule has 0 saturated carbocycles. The van der Waals surface area contributed by atoms with E-state index in [4.69, 9.17) is 21.0 Å². The van der Waals surface area contributed by atoms with Crippen LogP contribution in [0.4, 0.5) is 11.4 Å². The zero-order valence-electron chi connectivity index (χ0n) is 18.1. The zero-order chi connectivity index (χ0) is 24.4. The molecule has 0 bridgehead atoms. The van der Waals surface area contributed by atoms with Gasteiger partial charge in [0.2, 0.25) is 0 Å². The number of aromatic carboxylic acids is 1. The number of hydrogen-bond acceptors (Lipinski definition) is 5. The van der Waals surface area contributed by atoms with E-state index in [1.165, 1.54) is 23.9 Å². The number of carbonyl (C=O) groups excluding carboxylic acids is 1. The smallest absolute Gasteiger partial charge is 0.337 e. The molecule has 5 rings (SSSR count). The lowest BCUT2D eigenvalue weighted by Crippen LogP contribution is -2.28. The van der Waals surface area contributed by atoms with Crippen LogP contribution in [0.1, 0.15) is 16.1 Å². The number of benzene rings is 3. The van der Waals surface area contributed by atoms with Crippen molar-refractivity contribution in [3.8, 4) is 11.3 Å². The van der Waals surface area contributed by atoms with Gasteiger partial charge < -0.3 is 9.52 Å². The van der Waals surface area contributed by atoms with Crippen LogP contribution in [0.15, 0.2) is 105 Å². The topological polar surface area (TPSA) is 83.1 Å². The largest absolute Gasteiger partial charge is 0.478 e. The quantitative estimate of drug-likeness (QED) is 0.295. The van der Waals surface area contributed by atoms with Crippen LogP contribution >= 0.6 is 23.4 Å². The van der Waals surface area contributed by atoms with Gasteiger partial charge in [-0.05, 0) is 66.4 Å². The van der Waals surface area contributed by atoms with Gasteiger partial charge in [-0.15, -0.1) is 0 Å². The Labute approximate surface area is 210 Å². The number of hydrogen-bond donors (Lipinski definition) is 1. The molecule has 1 fully saturated rings. The van der Waals surface area contributed by atoms with Gasteiger partial charge in [0.05, 0.1) is 26.9 Å². The number of amidine groups is 1. The van der Waals surface area contributed by atoms with Crippen molar-refractivity contribution in [1.29, 1.82) is 0 Å². The number of nitrogens with zero attached hydrogens (tertiary/aromatic N) is 2. The minimum Gasteiger partial charge on any atom is -0.478 e. The first-order valence-corrected chi connectivity index (χ1v) is 11.7. The van der Waals surface area contributed by atoms with Crippen LogP contribution in [-0.2, 0) is 4.79 Å². The lowest BCUT2D eigenvalue weighted by molar-refractivity contribution is -0.113. The van der Waals surface area contributed by atoms with Crippen molar-refractivity contribution in [2.45, 2.75) is 0 Å². The molecule has 172 valence electrons. The average Bonchev–Trinajstić information content (AvgIpc) is 3.45. The van der Waals surface area contributed by atoms with E-state index in [-0.39, 0.29) is 16.5 Å². The first kappa shape index (κ1) is 22.7. The second-order valence-corrected chi connectivity index (χ2v) is 8.93. The van der Waals surface area contributed by atoms with Crippen LogP contribution in [0.2, 0.25) is 5.02 Å². The molecule has 0 atom stereocenters. The number of rotatable bonds is 5. The van der Waals surface area contributed by atoms with E-state index in [0.29, 0.717) is 32.8 Å². The summed E-state index contributed by atoms with van der Waals surface area (Å²) in [4.78, 5) is 31.5. The molecule has 0 spiro atoms. The van der Waals surface area contributed by atoms with E-state index in [9.17, 15) is 14.7 Å². The molecule has 35 heavy (non-hydrogen) atoms. The van der Waals surface area contributed by atoms with Crippen molar-refractivity contribution in [3.63, 3.8) is 0 Å². The molecule has 0 radical (unpaired) electrons. The normalized spacial score (nSPS) is 15.8. The van der Waals surface area contributed by atoms with Crippen LogP contribution in [0, 0.1) is 0 Å². The minimum atomic E-state index is -1.12. The second kappa shape index (κ2) is 9.66. The number of carboxylic acid groups (broad SMARTS) is 1. The third-order valence-electron chi connectivity index (χ3n) is 5.18. The third kappa shape index (κ3) is 4.77. The number of aliphatic imine (C=N–C) groups is 1. The van der Waals surface area contributed by atoms with Gasteiger partial charge in [-0.2, -0.15) is 0 Å². The number of carboxylic acids is 1. The van der Waals surface area contributed by atoms with Gasteiger partial charge in [-0.1, -0.05) is 48.0 Å². The molecule has 1 aromatic heterocycles. The van der Waals surface area contributed by atoms with Gasteiger partial charge in [0.1, 0.15) is 11.5 Å². The Morgan fingerprint density at radius 2 is 1.69 bits per heavy atom. The van der Waals surface area contributed by atoms with E-state index < -0.39 is 5.97 Å². The summed E-state index contributed by atoms with van der Waals surface area (Å²) in [5, 5.41) is 10.0. The Morgan fingerprint density at radius 3 is 2.40 bits per heavy atom. The summed E-state index contributed by atoms with van der Waals surface area (Å²) in [5.41, 5.74) is 2.01. The second-order valence-electron chi connectivity index (χ2n) is 7.52. The molecule has 4 aromatic rings. The van der Waals surface area contributed by atoms with Crippen molar-refractivity contribution < 1.29 is 19.1 Å². The fraction of sp³-hybridized carbons (Fsp3) is 0. The highest BCUT2D eigenvalue weighted by Gasteiger charge is 2.35. The standard InChI is InChI=1S/C27H17ClN2O4S/c28-22-13-11-17(15-21(22)26(32)33)23-14-12-20(34-23)16-24-25(31)30(19-9-5-2-6-10-19)27(35-24)29-18-7-3-1-4-8-18/h1-16H,(H,32,33)/b24-16+,29-27?. The van der Waals surface area contributed by atoms with Crippen LogP contribution in [-0.4, -0.2) is 22.2 Å². The SMILES string of the molecule is O=C(O)c1cc(-c2ccc(/C=C3/SC(=Nc4ccccc4)N(c4ccccc4)C3=O)o2)ccc1Cl. The predicted octanol–water partition coefficient (Wildman–Crippen LogP) is 7.11. The maximum absolute atomic E-state index is 13.4. The van der Waals surface area contributed by atoms with E-state index in [1.807, 2.05) is 60.7 Å². The fourth-order valence-corrected chi connectivity index (χ4v) is 4.70. The number of para-hydroxylation sites is 2. The van der Waals surface area contributed by atoms with Crippen LogP contribution in [0.25, 0.3) is 17.4 Å². The number of anilines is 1. The Hall–Kier alpha value is -4.07. The summed E-state index contributed by atoms with van der Waals surface area (Å²) < 4.78 is 5.91. The van der Waals surface area contributed by atoms with Crippen molar-refractivity contribution in [2.75, 3.05) is 4.90 Å². The van der Waals surface area contributed by atoms with Crippen LogP contribution in [0.3, 0.4) is 0 Å². The van der Waals surface area contributed by atoms with E-state index in [2.05, 4.69) is 0 Å². The average molecular weight is 501 g/mol. The van der Waals surface area contributed by atoms with Gasteiger partial charge in [0.15, 0.2) is 5.17 Å². The monoisotopic (exact) mass is 500 g/mol. The number of halogens is 1. The van der Waals surface area contributed by atoms with E-state index >= 15 is 0 Å². The summed E-state index contributed by atoms with van der Waals surface area (Å²) in [6.07, 6.45) is 1.66. The van der Waals surface area contributed by atoms with Gasteiger partial charge in [-0.3, -0.25) is 9.69 Å². The van der Waals surface area contributed by atoms with Crippen LogP contribution in [0.5, 0.6) is 0 Å². The predicted molar refractivity (Wildman–Crippen MR) is 139 cm³/mol. The van der Waals surface area contributed by atoms with Gasteiger partial charge >= 0.3 is 5.97 Å². The molecular weight excluding hydrogens is 484 g/mol. The van der Waals surface area contributed by atoms with Crippen molar-refractivity contribution in [1.82, 2.24) is 0 Å². The minimum absolute atomic E-state index is 0.0118. The molecule has 0 aliphatic carbocycles. The van der Waals surface area contributed by atoms with E-state index in [0.717, 1.165) is 5.69 Å². The highest BCUT2D eigenvalue weighted by atomic mass is 35.5. The zero-order valence-corrected chi connectivity index (χ0v) is 19.7. The first-order valence-electron chi connectivity index (χ1n) is 10.6. The molecular formula is C27H17ClN2O4S. The van der Waals surface area contributed by atoms with Crippen LogP contribution < -0.4 is 4.90 Å². The summed E-state index contributed by atoms with van der Waals surface area (Å²) in [6.45, 7) is 0. The molecule has 6 nitrogen and oxygen atoms in total. The molecule has 1 aliphatic rings. The molecule has 8 heteroatoms. The number of carbonyl (C=O) groups is 2. The maximum atomic E-state index is 13.4. The van der Waals surface area contributed by atoms with Crippen molar-refractivity contribution in [3.05, 3.63) is 112 Å². The van der Waals surface area contributed by atoms with Crippen molar-refractivity contribution in [2.24, 2.45) is 4.99 Å². The molecule has 1 amide bonds. The lowest BCUT2D eigenvalue weighted by atomic mass is 10.1. The fourth-order valence-electron chi connectivity index (χ4n) is 3.52. The number of amides is 1. The summed E-state index contributed by atoms with van der Waals surface area (Å²) in [6, 6.07) is 26.9. The molecule has 0 unspecified atom stereocenters. The highest BCUT2D eigenvalue weighted by molar-refractivity contribution is 8.19. The Bertz CT molecular complexity index is 1480. The molecule has 1 N–H and O–H groups in total. The van der Waals surface area contributed by atoms with Gasteiger partial charge in [0, 0.05) is 11.6 Å².